The van der Waals surface area contributed by atoms with Crippen molar-refractivity contribution in [1.29, 1.82) is 0 Å². The van der Waals surface area contributed by atoms with Crippen LogP contribution in [0.5, 0.6) is 0 Å². The van der Waals surface area contributed by atoms with Crippen LogP contribution in [0.3, 0.4) is 0 Å². The average molecular weight is 142 g/mol. The van der Waals surface area contributed by atoms with E-state index in [-0.39, 0.29) is 57.7 Å². The Morgan fingerprint density at radius 1 is 1.50 bits per heavy atom. The normalized spacial score (nSPS) is 0.750. The molecular formula is H3AlCaFeO. The zero-order valence-electron chi connectivity index (χ0n) is 4.18. The summed E-state index contributed by atoms with van der Waals surface area (Å²) in [7, 11) is 0. The third kappa shape index (κ3) is 8.93. The van der Waals surface area contributed by atoms with Crippen molar-refractivity contribution in [1.82, 2.24) is 0 Å². The third-order valence-electron chi connectivity index (χ3n) is 0. The van der Waals surface area contributed by atoms with Gasteiger partial charge in [-0.25, -0.2) is 0 Å². The molecule has 0 atom stereocenters. The molecule has 0 spiro atoms. The summed E-state index contributed by atoms with van der Waals surface area (Å²) in [4.78, 5) is 0. The van der Waals surface area contributed by atoms with Crippen molar-refractivity contribution in [3.63, 3.8) is 0 Å². The number of hydrogen-bond donors (Lipinski definition) is 0. The van der Waals surface area contributed by atoms with Crippen LogP contribution < -0.4 is 0 Å². The fourth-order valence-corrected chi connectivity index (χ4v) is 0. The van der Waals surface area contributed by atoms with E-state index in [0.717, 1.165) is 0 Å². The molecule has 0 N–H and O–H groups in total. The first-order valence-electron chi connectivity index (χ1n) is 0.289. The molecule has 22 valence electrons. The van der Waals surface area contributed by atoms with Crippen molar-refractivity contribution in [2.75, 3.05) is 0 Å². The first-order valence-corrected chi connectivity index (χ1v) is 0.866. The summed E-state index contributed by atoms with van der Waals surface area (Å²) in [5.74, 6) is 0. The summed E-state index contributed by atoms with van der Waals surface area (Å²) in [5, 5.41) is 0. The molecule has 0 bridgehead atoms. The first kappa shape index (κ1) is 16.5. The molecule has 0 fully saturated rings. The van der Waals surface area contributed by atoms with Crippen LogP contribution >= 0.6 is 0 Å². The Balaban J connectivity index is -0.000000000833. The molecule has 0 aliphatic rings. The third-order valence-corrected chi connectivity index (χ3v) is 0. The standard InChI is InChI=1S/Al.Ca.Fe.O.3H/q;+2;;;;2*-1. The molecule has 0 heterocycles. The van der Waals surface area contributed by atoms with Crippen LogP contribution in [-0.2, 0) is 20.9 Å². The second-order valence-corrected chi connectivity index (χ2v) is 0. The van der Waals surface area contributed by atoms with Gasteiger partial charge in [-0.15, -0.1) is 0 Å². The van der Waals surface area contributed by atoms with E-state index in [1.54, 1.807) is 0 Å². The molecule has 0 unspecified atom stereocenters. The Labute approximate surface area is 76.6 Å². The molecule has 0 aromatic heterocycles. The molecular weight excluding hydrogens is 139 g/mol. The Morgan fingerprint density at radius 3 is 1.50 bits per heavy atom. The quantitative estimate of drug-likeness (QED) is 0.399. The van der Waals surface area contributed by atoms with Crippen LogP contribution in [0.15, 0.2) is 0 Å². The summed E-state index contributed by atoms with van der Waals surface area (Å²) in [6.07, 6.45) is 0. The van der Waals surface area contributed by atoms with Crippen LogP contribution in [0.4, 0.5) is 0 Å². The molecule has 0 aromatic rings. The molecule has 0 aliphatic heterocycles. The van der Waals surface area contributed by atoms with Crippen LogP contribution in [0.25, 0.3) is 0 Å². The second-order valence-electron chi connectivity index (χ2n) is 0. The van der Waals surface area contributed by atoms with E-state index in [1.165, 1.54) is 0 Å². The van der Waals surface area contributed by atoms with Crippen LogP contribution in [0.1, 0.15) is 2.85 Å². The van der Waals surface area contributed by atoms with E-state index in [0.29, 0.717) is 16.2 Å². The maximum atomic E-state index is 8.28. The molecule has 0 aromatic carbocycles. The van der Waals surface area contributed by atoms with Gasteiger partial charge in [0.15, 0.2) is 0 Å². The minimum absolute atomic E-state index is 0. The molecule has 4 heteroatoms. The maximum absolute atomic E-state index is 8.28. The summed E-state index contributed by atoms with van der Waals surface area (Å²) in [5.41, 5.74) is 0. The van der Waals surface area contributed by atoms with Crippen molar-refractivity contribution >= 4 is 54.0 Å². The van der Waals surface area contributed by atoms with Gasteiger partial charge in [-0.2, -0.15) is 0 Å². The Bertz CT molecular complexity index is 13.5. The zero-order chi connectivity index (χ0) is 2.00. The van der Waals surface area contributed by atoms with E-state index in [9.17, 15) is 0 Å². The van der Waals surface area contributed by atoms with Gasteiger partial charge in [-0.1, -0.05) is 0 Å². The van der Waals surface area contributed by atoms with E-state index in [2.05, 4.69) is 0 Å². The van der Waals surface area contributed by atoms with Crippen LogP contribution in [0, 0.1) is 0 Å². The average Bonchev–Trinajstić information content (AvgIpc) is 1.00. The topological polar surface area (TPSA) is 17.1 Å². The predicted molar refractivity (Wildman–Crippen MR) is 15.8 cm³/mol. The summed E-state index contributed by atoms with van der Waals surface area (Å²) in [6.45, 7) is 0. The van der Waals surface area contributed by atoms with Gasteiger partial charge in [-0.3, -0.25) is 0 Å². The molecule has 0 saturated carbocycles. The van der Waals surface area contributed by atoms with Crippen molar-refractivity contribution < 1.29 is 23.7 Å². The molecule has 1 nitrogen and oxygen atoms in total. The molecule has 0 radical (unpaired) electrons. The van der Waals surface area contributed by atoms with Gasteiger partial charge in [0.2, 0.25) is 0 Å². The molecule has 0 amide bonds. The van der Waals surface area contributed by atoms with Crippen molar-refractivity contribution in [3.8, 4) is 0 Å². The first-order chi connectivity index (χ1) is 1.00. The van der Waals surface area contributed by atoms with Crippen LogP contribution in [0.2, 0.25) is 0 Å². The van der Waals surface area contributed by atoms with E-state index >= 15 is 0 Å². The van der Waals surface area contributed by atoms with E-state index in [4.69, 9.17) is 3.80 Å². The summed E-state index contributed by atoms with van der Waals surface area (Å²) >= 11 is 0.611. The number of rotatable bonds is 0. The molecule has 4 heavy (non-hydrogen) atoms. The molecule has 0 aliphatic carbocycles. The predicted octanol–water partition coefficient (Wildman–Crippen LogP) is -0.926. The Hall–Kier alpha value is 2.11. The Kier molecular flexibility index (Phi) is 79.9. The van der Waals surface area contributed by atoms with Crippen LogP contribution in [-0.4, -0.2) is 54.0 Å². The van der Waals surface area contributed by atoms with Crippen molar-refractivity contribution in [3.05, 3.63) is 0 Å². The van der Waals surface area contributed by atoms with E-state index < -0.39 is 0 Å². The van der Waals surface area contributed by atoms with Gasteiger partial charge >= 0.3 is 57.8 Å². The fraction of sp³-hybridized carbons (Fsp3) is 0. The van der Waals surface area contributed by atoms with Gasteiger partial charge in [0, 0.05) is 17.1 Å². The zero-order valence-corrected chi connectivity index (χ0v) is 6.90. The van der Waals surface area contributed by atoms with Crippen molar-refractivity contribution in [2.24, 2.45) is 0 Å². The second kappa shape index (κ2) is 19.4. The van der Waals surface area contributed by atoms with E-state index in [1.807, 2.05) is 0 Å². The summed E-state index contributed by atoms with van der Waals surface area (Å²) in [6, 6.07) is 0. The van der Waals surface area contributed by atoms with Gasteiger partial charge in [0.25, 0.3) is 0 Å². The van der Waals surface area contributed by atoms with Gasteiger partial charge in [0.1, 0.15) is 0 Å². The van der Waals surface area contributed by atoms with Gasteiger partial charge in [-0.05, 0) is 0 Å². The SMILES string of the molecule is [Ca+2].[Fe].[H-].[H-].[O]=[AlH]. The van der Waals surface area contributed by atoms with Crippen molar-refractivity contribution in [2.45, 2.75) is 0 Å². The Morgan fingerprint density at radius 2 is 1.50 bits per heavy atom. The summed E-state index contributed by atoms with van der Waals surface area (Å²) < 4.78 is 8.28. The van der Waals surface area contributed by atoms with Gasteiger partial charge in [0.05, 0.1) is 0 Å². The monoisotopic (exact) mass is 142 g/mol. The fourth-order valence-electron chi connectivity index (χ4n) is 0. The van der Waals surface area contributed by atoms with Gasteiger partial charge < -0.3 is 2.85 Å². The molecule has 0 rings (SSSR count). The molecule has 0 saturated heterocycles. The minimum atomic E-state index is 0. The number of hydrogen-bond acceptors (Lipinski definition) is 1.